The first kappa shape index (κ1) is 15.2. The number of rotatable bonds is 5. The molecular weight excluding hydrogens is 296 g/mol. The molecule has 23 heavy (non-hydrogen) atoms. The zero-order chi connectivity index (χ0) is 16.4. The molecule has 0 amide bonds. The second-order valence-electron chi connectivity index (χ2n) is 5.46. The Hall–Kier alpha value is -2.74. The summed E-state index contributed by atoms with van der Waals surface area (Å²) in [4.78, 5) is 32.9. The van der Waals surface area contributed by atoms with Crippen molar-refractivity contribution < 1.29 is 4.74 Å². The summed E-state index contributed by atoms with van der Waals surface area (Å²) >= 11 is 0. The monoisotopic (exact) mass is 314 g/mol. The van der Waals surface area contributed by atoms with Gasteiger partial charge in [0.25, 0.3) is 11.6 Å². The SMILES string of the molecule is Cc1ncc(-c2nccc3c(=O)[nH]c(OCCN(C)C)nc23)[nH]1. The van der Waals surface area contributed by atoms with Gasteiger partial charge in [-0.2, -0.15) is 4.98 Å². The summed E-state index contributed by atoms with van der Waals surface area (Å²) in [5.74, 6) is 0.770. The minimum Gasteiger partial charge on any atom is -0.463 e. The van der Waals surface area contributed by atoms with Gasteiger partial charge in [0.05, 0.1) is 17.3 Å². The van der Waals surface area contributed by atoms with Crippen LogP contribution in [0, 0.1) is 6.92 Å². The van der Waals surface area contributed by atoms with E-state index in [1.807, 2.05) is 25.9 Å². The molecule has 0 spiro atoms. The molecule has 0 aliphatic heterocycles. The molecule has 3 rings (SSSR count). The van der Waals surface area contributed by atoms with Crippen LogP contribution in [0.5, 0.6) is 6.01 Å². The van der Waals surface area contributed by atoms with Gasteiger partial charge in [0.15, 0.2) is 0 Å². The minimum absolute atomic E-state index is 0.190. The van der Waals surface area contributed by atoms with Gasteiger partial charge < -0.3 is 14.6 Å². The highest BCUT2D eigenvalue weighted by Gasteiger charge is 2.13. The topological polar surface area (TPSA) is 99.8 Å². The predicted molar refractivity (Wildman–Crippen MR) is 86.5 cm³/mol. The van der Waals surface area contributed by atoms with Crippen molar-refractivity contribution in [1.82, 2.24) is 29.8 Å². The first-order chi connectivity index (χ1) is 11.0. The van der Waals surface area contributed by atoms with Crippen LogP contribution >= 0.6 is 0 Å². The van der Waals surface area contributed by atoms with Gasteiger partial charge in [0, 0.05) is 12.7 Å². The number of imidazole rings is 1. The normalized spacial score (nSPS) is 11.3. The van der Waals surface area contributed by atoms with Gasteiger partial charge >= 0.3 is 0 Å². The average Bonchev–Trinajstić information content (AvgIpc) is 2.93. The van der Waals surface area contributed by atoms with E-state index in [2.05, 4.69) is 24.9 Å². The molecule has 2 N–H and O–H groups in total. The number of aromatic nitrogens is 5. The van der Waals surface area contributed by atoms with Crippen molar-refractivity contribution in [2.75, 3.05) is 27.2 Å². The van der Waals surface area contributed by atoms with Crippen LogP contribution in [0.3, 0.4) is 0 Å². The smallest absolute Gasteiger partial charge is 0.297 e. The molecule has 0 saturated carbocycles. The molecule has 0 aliphatic carbocycles. The van der Waals surface area contributed by atoms with E-state index in [0.29, 0.717) is 28.9 Å². The van der Waals surface area contributed by atoms with Gasteiger partial charge in [-0.1, -0.05) is 0 Å². The molecule has 0 fully saturated rings. The number of nitrogens with zero attached hydrogens (tertiary/aromatic N) is 4. The number of aromatic amines is 2. The molecule has 0 unspecified atom stereocenters. The third-order valence-corrected chi connectivity index (χ3v) is 3.34. The van der Waals surface area contributed by atoms with Gasteiger partial charge in [-0.15, -0.1) is 0 Å². The Labute approximate surface area is 132 Å². The maximum Gasteiger partial charge on any atom is 0.297 e. The lowest BCUT2D eigenvalue weighted by Crippen LogP contribution is -2.21. The summed E-state index contributed by atoms with van der Waals surface area (Å²) in [6.45, 7) is 3.01. The highest BCUT2D eigenvalue weighted by atomic mass is 16.5. The highest BCUT2D eigenvalue weighted by molar-refractivity contribution is 5.89. The Bertz CT molecular complexity index is 883. The summed E-state index contributed by atoms with van der Waals surface area (Å²) in [5.41, 5.74) is 1.52. The number of nitrogens with one attached hydrogen (secondary N) is 2. The molecule has 3 heterocycles. The summed E-state index contributed by atoms with van der Waals surface area (Å²) < 4.78 is 5.54. The van der Waals surface area contributed by atoms with Crippen LogP contribution in [0.2, 0.25) is 0 Å². The van der Waals surface area contributed by atoms with Crippen molar-refractivity contribution in [3.8, 4) is 17.4 Å². The number of fused-ring (bicyclic) bond motifs is 1. The van der Waals surface area contributed by atoms with E-state index in [1.54, 1.807) is 18.5 Å². The predicted octanol–water partition coefficient (Wildman–Crippen LogP) is 0.957. The van der Waals surface area contributed by atoms with E-state index in [1.165, 1.54) is 0 Å². The van der Waals surface area contributed by atoms with Crippen LogP contribution in [0.1, 0.15) is 5.82 Å². The van der Waals surface area contributed by atoms with E-state index in [-0.39, 0.29) is 11.6 Å². The van der Waals surface area contributed by atoms with Crippen LogP contribution in [0.4, 0.5) is 0 Å². The number of ether oxygens (including phenoxy) is 1. The Balaban J connectivity index is 2.04. The van der Waals surface area contributed by atoms with Crippen LogP contribution in [0.15, 0.2) is 23.3 Å². The van der Waals surface area contributed by atoms with E-state index in [9.17, 15) is 4.79 Å². The molecule has 3 aromatic heterocycles. The lowest BCUT2D eigenvalue weighted by Gasteiger charge is -2.10. The van der Waals surface area contributed by atoms with Crippen LogP contribution in [-0.4, -0.2) is 57.1 Å². The number of hydrogen-bond acceptors (Lipinski definition) is 6. The fourth-order valence-corrected chi connectivity index (χ4v) is 2.18. The number of likely N-dealkylation sites (N-methyl/N-ethyl adjacent to an activating group) is 1. The van der Waals surface area contributed by atoms with Crippen molar-refractivity contribution in [1.29, 1.82) is 0 Å². The van der Waals surface area contributed by atoms with E-state index in [4.69, 9.17) is 4.74 Å². The van der Waals surface area contributed by atoms with Crippen LogP contribution < -0.4 is 10.3 Å². The van der Waals surface area contributed by atoms with Gasteiger partial charge in [-0.05, 0) is 27.1 Å². The third kappa shape index (κ3) is 3.21. The largest absolute Gasteiger partial charge is 0.463 e. The summed E-state index contributed by atoms with van der Waals surface area (Å²) in [6.07, 6.45) is 3.25. The number of H-pyrrole nitrogens is 2. The molecule has 0 saturated heterocycles. The van der Waals surface area contributed by atoms with Crippen molar-refractivity contribution in [2.24, 2.45) is 0 Å². The Morgan fingerprint density at radius 2 is 2.09 bits per heavy atom. The zero-order valence-corrected chi connectivity index (χ0v) is 13.3. The average molecular weight is 314 g/mol. The van der Waals surface area contributed by atoms with E-state index < -0.39 is 0 Å². The fourth-order valence-electron chi connectivity index (χ4n) is 2.18. The van der Waals surface area contributed by atoms with Crippen LogP contribution in [-0.2, 0) is 0 Å². The molecule has 0 bridgehead atoms. The summed E-state index contributed by atoms with van der Waals surface area (Å²) in [7, 11) is 3.89. The highest BCUT2D eigenvalue weighted by Crippen LogP contribution is 2.22. The minimum atomic E-state index is -0.255. The van der Waals surface area contributed by atoms with Crippen molar-refractivity contribution >= 4 is 10.9 Å². The lowest BCUT2D eigenvalue weighted by molar-refractivity contribution is 0.246. The van der Waals surface area contributed by atoms with E-state index >= 15 is 0 Å². The summed E-state index contributed by atoms with van der Waals surface area (Å²) in [6, 6.07) is 1.83. The number of hydrogen-bond donors (Lipinski definition) is 2. The Morgan fingerprint density at radius 1 is 1.26 bits per heavy atom. The molecule has 8 nitrogen and oxygen atoms in total. The van der Waals surface area contributed by atoms with Crippen molar-refractivity contribution in [3.05, 3.63) is 34.6 Å². The molecule has 3 aromatic rings. The molecular formula is C15H18N6O2. The van der Waals surface area contributed by atoms with Gasteiger partial charge in [0.2, 0.25) is 0 Å². The standard InChI is InChI=1S/C15H18N6O2/c1-9-17-8-11(18-9)13-12-10(4-5-16-13)14(22)20-15(19-12)23-7-6-21(2)3/h4-5,8H,6-7H2,1-3H3,(H,17,18)(H,19,20,22). The quantitative estimate of drug-likeness (QED) is 0.727. The zero-order valence-electron chi connectivity index (χ0n) is 13.3. The third-order valence-electron chi connectivity index (χ3n) is 3.34. The molecule has 0 aromatic carbocycles. The Kier molecular flexibility index (Phi) is 4.07. The summed E-state index contributed by atoms with van der Waals surface area (Å²) in [5, 5.41) is 0.460. The van der Waals surface area contributed by atoms with Crippen molar-refractivity contribution in [2.45, 2.75) is 6.92 Å². The van der Waals surface area contributed by atoms with E-state index in [0.717, 1.165) is 12.4 Å². The second-order valence-corrected chi connectivity index (χ2v) is 5.46. The maximum absolute atomic E-state index is 12.2. The number of aryl methyl sites for hydroxylation is 1. The molecule has 0 aliphatic rings. The Morgan fingerprint density at radius 3 is 2.78 bits per heavy atom. The van der Waals surface area contributed by atoms with Gasteiger partial charge in [0.1, 0.15) is 23.6 Å². The maximum atomic E-state index is 12.2. The lowest BCUT2D eigenvalue weighted by atomic mass is 10.2. The van der Waals surface area contributed by atoms with Gasteiger partial charge in [-0.3, -0.25) is 14.8 Å². The van der Waals surface area contributed by atoms with Crippen molar-refractivity contribution in [3.63, 3.8) is 0 Å². The number of pyridine rings is 1. The second kappa shape index (κ2) is 6.17. The van der Waals surface area contributed by atoms with Crippen LogP contribution in [0.25, 0.3) is 22.3 Å². The molecule has 8 heteroatoms. The first-order valence-electron chi connectivity index (χ1n) is 7.23. The molecule has 120 valence electrons. The van der Waals surface area contributed by atoms with Gasteiger partial charge in [-0.25, -0.2) is 4.98 Å². The molecule has 0 atom stereocenters. The fraction of sp³-hybridized carbons (Fsp3) is 0.333. The first-order valence-corrected chi connectivity index (χ1v) is 7.23. The molecule has 0 radical (unpaired) electrons.